The third-order valence-electron chi connectivity index (χ3n) is 5.56. The molecule has 0 aliphatic carbocycles. The fourth-order valence-corrected chi connectivity index (χ4v) is 3.87. The molecule has 1 atom stereocenters. The molecule has 10 heteroatoms. The number of aromatic nitrogens is 2. The molecule has 3 amide bonds. The third-order valence-corrected chi connectivity index (χ3v) is 5.89. The number of carbonyl (C=O) groups excluding carboxylic acids is 2. The van der Waals surface area contributed by atoms with Gasteiger partial charge in [-0.3, -0.25) is 4.79 Å². The van der Waals surface area contributed by atoms with Crippen LogP contribution in [0.1, 0.15) is 41.7 Å². The molecule has 1 aromatic heterocycles. The first kappa shape index (κ1) is 23.3. The normalized spacial score (nSPS) is 13.9. The molecule has 0 bridgehead atoms. The van der Waals surface area contributed by atoms with Crippen LogP contribution >= 0.6 is 11.6 Å². The third kappa shape index (κ3) is 5.55. The van der Waals surface area contributed by atoms with Gasteiger partial charge in [-0.1, -0.05) is 41.9 Å². The van der Waals surface area contributed by atoms with Gasteiger partial charge in [0.05, 0.1) is 16.3 Å². The molecule has 1 fully saturated rings. The Labute approximate surface area is 202 Å². The largest absolute Gasteiger partial charge is 0.365 e. The fraction of sp³-hybridized carbons (Fsp3) is 0.250. The average molecular weight is 480 g/mol. The van der Waals surface area contributed by atoms with Crippen LogP contribution in [0.25, 0.3) is 0 Å². The second-order valence-corrected chi connectivity index (χ2v) is 8.45. The molecule has 2 heterocycles. The summed E-state index contributed by atoms with van der Waals surface area (Å²) in [4.78, 5) is 34.8. The predicted octanol–water partition coefficient (Wildman–Crippen LogP) is 4.77. The Morgan fingerprint density at radius 2 is 1.85 bits per heavy atom. The summed E-state index contributed by atoms with van der Waals surface area (Å²) in [7, 11) is 0. The van der Waals surface area contributed by atoms with Gasteiger partial charge < -0.3 is 26.6 Å². The molecule has 1 aliphatic heterocycles. The van der Waals surface area contributed by atoms with Crippen molar-refractivity contribution >= 4 is 46.7 Å². The summed E-state index contributed by atoms with van der Waals surface area (Å²) in [5.41, 5.74) is 7.84. The molecule has 9 nitrogen and oxygen atoms in total. The quantitative estimate of drug-likeness (QED) is 0.386. The van der Waals surface area contributed by atoms with Crippen LogP contribution in [0.3, 0.4) is 0 Å². The van der Waals surface area contributed by atoms with Crippen molar-refractivity contribution < 1.29 is 9.59 Å². The molecular weight excluding hydrogens is 454 g/mol. The maximum absolute atomic E-state index is 12.5. The van der Waals surface area contributed by atoms with Crippen LogP contribution in [0.15, 0.2) is 54.7 Å². The van der Waals surface area contributed by atoms with Gasteiger partial charge in [0.25, 0.3) is 5.91 Å². The first-order valence-corrected chi connectivity index (χ1v) is 11.4. The number of benzene rings is 2. The lowest BCUT2D eigenvalue weighted by molar-refractivity contribution is 0.100. The number of nitrogens with one attached hydrogen (secondary N) is 3. The van der Waals surface area contributed by atoms with Crippen molar-refractivity contribution in [3.8, 4) is 0 Å². The Balaban J connectivity index is 1.53. The zero-order valence-electron chi connectivity index (χ0n) is 18.7. The lowest BCUT2D eigenvalue weighted by atomic mass is 10.1. The maximum Gasteiger partial charge on any atom is 0.321 e. The molecule has 2 aromatic carbocycles. The van der Waals surface area contributed by atoms with Crippen molar-refractivity contribution in [3.05, 3.63) is 70.9 Å². The van der Waals surface area contributed by atoms with Gasteiger partial charge >= 0.3 is 6.03 Å². The van der Waals surface area contributed by atoms with E-state index in [1.54, 1.807) is 23.1 Å². The Hall–Kier alpha value is -3.85. The highest BCUT2D eigenvalue weighted by molar-refractivity contribution is 6.33. The molecule has 1 aliphatic rings. The zero-order chi connectivity index (χ0) is 24.1. The lowest BCUT2D eigenvalue weighted by Crippen LogP contribution is -2.32. The second-order valence-electron chi connectivity index (χ2n) is 8.04. The van der Waals surface area contributed by atoms with E-state index < -0.39 is 5.91 Å². The number of halogens is 1. The van der Waals surface area contributed by atoms with E-state index in [9.17, 15) is 9.59 Å². The molecule has 0 saturated carbocycles. The van der Waals surface area contributed by atoms with Gasteiger partial charge in [0.1, 0.15) is 5.82 Å². The number of nitrogens with zero attached hydrogens (tertiary/aromatic N) is 3. The number of hydrogen-bond acceptors (Lipinski definition) is 6. The topological polar surface area (TPSA) is 125 Å². The van der Waals surface area contributed by atoms with Gasteiger partial charge in [-0.2, -0.15) is 4.98 Å². The maximum atomic E-state index is 12.5. The Kier molecular flexibility index (Phi) is 7.12. The van der Waals surface area contributed by atoms with Gasteiger partial charge in [0.15, 0.2) is 0 Å². The van der Waals surface area contributed by atoms with Crippen molar-refractivity contribution in [2.24, 2.45) is 5.73 Å². The van der Waals surface area contributed by atoms with Gasteiger partial charge in [-0.05, 0) is 43.5 Å². The van der Waals surface area contributed by atoms with E-state index in [1.807, 2.05) is 37.3 Å². The Morgan fingerprint density at radius 3 is 2.56 bits per heavy atom. The summed E-state index contributed by atoms with van der Waals surface area (Å²) >= 11 is 6.29. The van der Waals surface area contributed by atoms with E-state index in [0.717, 1.165) is 31.5 Å². The van der Waals surface area contributed by atoms with Crippen LogP contribution in [-0.2, 0) is 0 Å². The number of amides is 3. The van der Waals surface area contributed by atoms with Crippen molar-refractivity contribution in [3.63, 3.8) is 0 Å². The zero-order valence-corrected chi connectivity index (χ0v) is 19.5. The minimum atomic E-state index is -0.632. The molecule has 0 spiro atoms. The number of urea groups is 1. The molecule has 1 saturated heterocycles. The SMILES string of the molecule is C[C@@H](Nc1nc(Nc2ccc(Cl)c(NC(=O)N3CCCC3)c2)ncc1C(N)=O)c1ccccc1. The highest BCUT2D eigenvalue weighted by atomic mass is 35.5. The summed E-state index contributed by atoms with van der Waals surface area (Å²) in [5, 5.41) is 9.61. The Morgan fingerprint density at radius 1 is 1.12 bits per heavy atom. The molecule has 5 N–H and O–H groups in total. The molecule has 0 radical (unpaired) electrons. The number of anilines is 4. The van der Waals surface area contributed by atoms with E-state index in [0.29, 0.717) is 22.2 Å². The first-order chi connectivity index (χ1) is 16.4. The molecule has 176 valence electrons. The van der Waals surface area contributed by atoms with E-state index in [-0.39, 0.29) is 23.6 Å². The number of hydrogen-bond donors (Lipinski definition) is 4. The van der Waals surface area contributed by atoms with E-state index >= 15 is 0 Å². The summed E-state index contributed by atoms with van der Waals surface area (Å²) in [6.07, 6.45) is 3.38. The Bertz CT molecular complexity index is 1180. The predicted molar refractivity (Wildman–Crippen MR) is 134 cm³/mol. The summed E-state index contributed by atoms with van der Waals surface area (Å²) in [6, 6.07) is 14.6. The minimum absolute atomic E-state index is 0.120. The van der Waals surface area contributed by atoms with Crippen molar-refractivity contribution in [2.75, 3.05) is 29.0 Å². The first-order valence-electron chi connectivity index (χ1n) is 11.0. The van der Waals surface area contributed by atoms with Crippen LogP contribution in [0.5, 0.6) is 0 Å². The summed E-state index contributed by atoms with van der Waals surface area (Å²) in [5.74, 6) is -0.0579. The molecule has 34 heavy (non-hydrogen) atoms. The van der Waals surface area contributed by atoms with E-state index in [4.69, 9.17) is 17.3 Å². The van der Waals surface area contributed by atoms with Crippen LogP contribution in [-0.4, -0.2) is 39.9 Å². The van der Waals surface area contributed by atoms with E-state index in [1.165, 1.54) is 6.20 Å². The number of likely N-dealkylation sites (tertiary alicyclic amines) is 1. The van der Waals surface area contributed by atoms with Crippen molar-refractivity contribution in [2.45, 2.75) is 25.8 Å². The fourth-order valence-electron chi connectivity index (χ4n) is 3.70. The number of carbonyl (C=O) groups is 2. The van der Waals surface area contributed by atoms with Gasteiger partial charge in [0, 0.05) is 31.0 Å². The highest BCUT2D eigenvalue weighted by Gasteiger charge is 2.19. The van der Waals surface area contributed by atoms with E-state index in [2.05, 4.69) is 25.9 Å². The molecular formula is C24H26ClN7O2. The smallest absolute Gasteiger partial charge is 0.321 e. The van der Waals surface area contributed by atoms with Crippen LogP contribution in [0.4, 0.5) is 27.9 Å². The molecule has 0 unspecified atom stereocenters. The summed E-state index contributed by atoms with van der Waals surface area (Å²) in [6.45, 7) is 3.43. The summed E-state index contributed by atoms with van der Waals surface area (Å²) < 4.78 is 0. The standard InChI is InChI=1S/C24H26ClN7O2/c1-15(16-7-3-2-4-8-16)28-22-18(21(26)33)14-27-23(31-22)29-17-9-10-19(25)20(13-17)30-24(34)32-11-5-6-12-32/h2-4,7-10,13-15H,5-6,11-12H2,1H3,(H2,26,33)(H,30,34)(H2,27,28,29,31)/t15-/m1/s1. The number of primary amides is 1. The van der Waals surface area contributed by atoms with Crippen molar-refractivity contribution in [1.82, 2.24) is 14.9 Å². The lowest BCUT2D eigenvalue weighted by Gasteiger charge is -2.18. The van der Waals surface area contributed by atoms with Crippen LogP contribution in [0, 0.1) is 0 Å². The molecule has 3 aromatic rings. The highest BCUT2D eigenvalue weighted by Crippen LogP contribution is 2.28. The monoisotopic (exact) mass is 479 g/mol. The van der Waals surface area contributed by atoms with Gasteiger partial charge in [-0.25, -0.2) is 9.78 Å². The van der Waals surface area contributed by atoms with Crippen LogP contribution in [0.2, 0.25) is 5.02 Å². The second kappa shape index (κ2) is 10.4. The van der Waals surface area contributed by atoms with Crippen LogP contribution < -0.4 is 21.7 Å². The van der Waals surface area contributed by atoms with Crippen molar-refractivity contribution in [1.29, 1.82) is 0 Å². The van der Waals surface area contributed by atoms with Gasteiger partial charge in [0.2, 0.25) is 5.95 Å². The average Bonchev–Trinajstić information content (AvgIpc) is 3.37. The number of nitrogens with two attached hydrogens (primary N) is 1. The molecule has 4 rings (SSSR count). The minimum Gasteiger partial charge on any atom is -0.365 e. The van der Waals surface area contributed by atoms with Gasteiger partial charge in [-0.15, -0.1) is 0 Å². The number of rotatable bonds is 7.